The summed E-state index contributed by atoms with van der Waals surface area (Å²) in [4.78, 5) is 0. The SMILES string of the molecule is CCOC1CC(Nc2cc(Cl)cc(Cl)c2)C12CCCCC2. The van der Waals surface area contributed by atoms with Crippen molar-refractivity contribution in [3.63, 3.8) is 0 Å². The standard InChI is InChI=1S/C17H23Cl2NO/c1-2-21-16-11-15(17(16)6-4-3-5-7-17)20-14-9-12(18)8-13(19)10-14/h8-10,15-16,20H,2-7,11H2,1H3. The second-order valence-electron chi connectivity index (χ2n) is 6.33. The van der Waals surface area contributed by atoms with Gasteiger partial charge in [-0.05, 0) is 44.4 Å². The maximum Gasteiger partial charge on any atom is 0.0670 e. The number of hydrogen-bond acceptors (Lipinski definition) is 2. The van der Waals surface area contributed by atoms with Gasteiger partial charge in [0.15, 0.2) is 0 Å². The van der Waals surface area contributed by atoms with Gasteiger partial charge in [0.05, 0.1) is 6.10 Å². The van der Waals surface area contributed by atoms with E-state index in [1.165, 1.54) is 32.1 Å². The van der Waals surface area contributed by atoms with Crippen LogP contribution in [0.5, 0.6) is 0 Å². The van der Waals surface area contributed by atoms with Crippen LogP contribution in [-0.4, -0.2) is 18.8 Å². The third-order valence-corrected chi connectivity index (χ3v) is 5.58. The number of ether oxygens (including phenoxy) is 1. The van der Waals surface area contributed by atoms with Gasteiger partial charge in [-0.25, -0.2) is 0 Å². The molecule has 4 heteroatoms. The number of halogens is 2. The summed E-state index contributed by atoms with van der Waals surface area (Å²) in [6.45, 7) is 2.90. The molecule has 0 aromatic heterocycles. The molecule has 0 amide bonds. The number of nitrogens with one attached hydrogen (secondary N) is 1. The Kier molecular flexibility index (Phi) is 4.68. The van der Waals surface area contributed by atoms with Crippen LogP contribution in [-0.2, 0) is 4.74 Å². The summed E-state index contributed by atoms with van der Waals surface area (Å²) in [7, 11) is 0. The lowest BCUT2D eigenvalue weighted by Crippen LogP contribution is -2.62. The van der Waals surface area contributed by atoms with E-state index >= 15 is 0 Å². The van der Waals surface area contributed by atoms with E-state index in [4.69, 9.17) is 27.9 Å². The molecule has 1 aromatic rings. The molecular formula is C17H23Cl2NO. The average molecular weight is 328 g/mol. The van der Waals surface area contributed by atoms with Crippen molar-refractivity contribution in [3.05, 3.63) is 28.2 Å². The molecular weight excluding hydrogens is 305 g/mol. The fourth-order valence-electron chi connectivity index (χ4n) is 4.10. The second-order valence-corrected chi connectivity index (χ2v) is 7.20. The Morgan fingerprint density at radius 1 is 1.14 bits per heavy atom. The van der Waals surface area contributed by atoms with E-state index in [-0.39, 0.29) is 0 Å². The van der Waals surface area contributed by atoms with Crippen LogP contribution in [0.25, 0.3) is 0 Å². The van der Waals surface area contributed by atoms with Gasteiger partial charge in [0.25, 0.3) is 0 Å². The van der Waals surface area contributed by atoms with Crippen molar-refractivity contribution in [1.29, 1.82) is 0 Å². The lowest BCUT2D eigenvalue weighted by Gasteiger charge is -2.58. The fourth-order valence-corrected chi connectivity index (χ4v) is 4.63. The summed E-state index contributed by atoms with van der Waals surface area (Å²) in [5.41, 5.74) is 1.33. The molecule has 1 spiro atoms. The summed E-state index contributed by atoms with van der Waals surface area (Å²) in [6.07, 6.45) is 8.02. The first-order chi connectivity index (χ1) is 10.1. The van der Waals surface area contributed by atoms with E-state index in [9.17, 15) is 0 Å². The van der Waals surface area contributed by atoms with Gasteiger partial charge in [-0.1, -0.05) is 42.5 Å². The van der Waals surface area contributed by atoms with Crippen molar-refractivity contribution >= 4 is 28.9 Å². The normalized spacial score (nSPS) is 27.4. The molecule has 2 saturated carbocycles. The Balaban J connectivity index is 1.75. The van der Waals surface area contributed by atoms with Gasteiger partial charge >= 0.3 is 0 Å². The quantitative estimate of drug-likeness (QED) is 0.784. The van der Waals surface area contributed by atoms with Crippen LogP contribution in [0.4, 0.5) is 5.69 Å². The first-order valence-electron chi connectivity index (χ1n) is 7.98. The summed E-state index contributed by atoms with van der Waals surface area (Å²) < 4.78 is 5.99. The van der Waals surface area contributed by atoms with Crippen LogP contribution in [0.1, 0.15) is 45.4 Å². The Bertz CT molecular complexity index is 479. The highest BCUT2D eigenvalue weighted by atomic mass is 35.5. The predicted octanol–water partition coefficient (Wildman–Crippen LogP) is 5.53. The molecule has 2 aliphatic rings. The molecule has 116 valence electrons. The van der Waals surface area contributed by atoms with Crippen molar-refractivity contribution in [2.24, 2.45) is 5.41 Å². The maximum absolute atomic E-state index is 6.10. The van der Waals surface area contributed by atoms with E-state index in [0.717, 1.165) is 18.7 Å². The van der Waals surface area contributed by atoms with E-state index in [1.807, 2.05) is 12.1 Å². The first kappa shape index (κ1) is 15.5. The number of benzene rings is 1. The summed E-state index contributed by atoms with van der Waals surface area (Å²) in [6, 6.07) is 6.16. The Morgan fingerprint density at radius 3 is 2.43 bits per heavy atom. The molecule has 0 saturated heterocycles. The monoisotopic (exact) mass is 327 g/mol. The van der Waals surface area contributed by atoms with Gasteiger partial charge in [-0.3, -0.25) is 0 Å². The van der Waals surface area contributed by atoms with Gasteiger partial charge in [-0.15, -0.1) is 0 Å². The lowest BCUT2D eigenvalue weighted by atomic mass is 9.55. The summed E-state index contributed by atoms with van der Waals surface area (Å²) in [5, 5.41) is 5.03. The molecule has 1 N–H and O–H groups in total. The van der Waals surface area contributed by atoms with Crippen LogP contribution in [0, 0.1) is 5.41 Å². The maximum atomic E-state index is 6.10. The number of anilines is 1. The molecule has 1 aromatic carbocycles. The van der Waals surface area contributed by atoms with Gasteiger partial charge < -0.3 is 10.1 Å². The molecule has 2 unspecified atom stereocenters. The van der Waals surface area contributed by atoms with Crippen molar-refractivity contribution in [3.8, 4) is 0 Å². The average Bonchev–Trinajstić information content (AvgIpc) is 2.46. The molecule has 2 aliphatic carbocycles. The zero-order valence-electron chi connectivity index (χ0n) is 12.5. The van der Waals surface area contributed by atoms with Crippen molar-refractivity contribution in [1.82, 2.24) is 0 Å². The molecule has 0 aliphatic heterocycles. The largest absolute Gasteiger partial charge is 0.381 e. The predicted molar refractivity (Wildman–Crippen MR) is 89.4 cm³/mol. The molecule has 21 heavy (non-hydrogen) atoms. The molecule has 2 atom stereocenters. The molecule has 3 rings (SSSR count). The van der Waals surface area contributed by atoms with Crippen LogP contribution in [0.2, 0.25) is 10.0 Å². The Labute approximate surface area is 137 Å². The smallest absolute Gasteiger partial charge is 0.0670 e. The highest BCUT2D eigenvalue weighted by molar-refractivity contribution is 6.35. The van der Waals surface area contributed by atoms with E-state index in [1.54, 1.807) is 6.07 Å². The minimum absolute atomic E-state index is 0.309. The minimum Gasteiger partial charge on any atom is -0.381 e. The Hall–Kier alpha value is -0.440. The lowest BCUT2D eigenvalue weighted by molar-refractivity contribution is -0.134. The zero-order chi connectivity index (χ0) is 14.9. The number of rotatable bonds is 4. The molecule has 2 fully saturated rings. The highest BCUT2D eigenvalue weighted by Gasteiger charge is 2.55. The van der Waals surface area contributed by atoms with E-state index in [2.05, 4.69) is 12.2 Å². The molecule has 2 nitrogen and oxygen atoms in total. The molecule has 0 bridgehead atoms. The van der Waals surface area contributed by atoms with Gasteiger partial charge in [0.2, 0.25) is 0 Å². The van der Waals surface area contributed by atoms with Gasteiger partial charge in [0, 0.05) is 33.8 Å². The summed E-state index contributed by atoms with van der Waals surface area (Å²) in [5.74, 6) is 0. The minimum atomic E-state index is 0.309. The topological polar surface area (TPSA) is 21.3 Å². The fraction of sp³-hybridized carbons (Fsp3) is 0.647. The van der Waals surface area contributed by atoms with E-state index in [0.29, 0.717) is 27.6 Å². The van der Waals surface area contributed by atoms with Gasteiger partial charge in [0.1, 0.15) is 0 Å². The first-order valence-corrected chi connectivity index (χ1v) is 8.74. The number of hydrogen-bond donors (Lipinski definition) is 1. The molecule has 0 heterocycles. The van der Waals surface area contributed by atoms with Gasteiger partial charge in [-0.2, -0.15) is 0 Å². The summed E-state index contributed by atoms with van der Waals surface area (Å²) >= 11 is 12.2. The third-order valence-electron chi connectivity index (χ3n) is 5.14. The van der Waals surface area contributed by atoms with Crippen LogP contribution >= 0.6 is 23.2 Å². The third kappa shape index (κ3) is 3.04. The van der Waals surface area contributed by atoms with Crippen molar-refractivity contribution in [2.75, 3.05) is 11.9 Å². The van der Waals surface area contributed by atoms with Crippen LogP contribution in [0.15, 0.2) is 18.2 Å². The molecule has 0 radical (unpaired) electrons. The van der Waals surface area contributed by atoms with Crippen molar-refractivity contribution < 1.29 is 4.74 Å². The second kappa shape index (κ2) is 6.36. The Morgan fingerprint density at radius 2 is 1.81 bits per heavy atom. The van der Waals surface area contributed by atoms with Crippen LogP contribution < -0.4 is 5.32 Å². The van der Waals surface area contributed by atoms with Crippen LogP contribution in [0.3, 0.4) is 0 Å². The highest BCUT2D eigenvalue weighted by Crippen LogP contribution is 2.54. The van der Waals surface area contributed by atoms with Crippen molar-refractivity contribution in [2.45, 2.75) is 57.6 Å². The van der Waals surface area contributed by atoms with E-state index < -0.39 is 0 Å². The zero-order valence-corrected chi connectivity index (χ0v) is 14.0.